The number of hydrogen-bond acceptors (Lipinski definition) is 2. The molecule has 0 amide bonds. The second-order valence-corrected chi connectivity index (χ2v) is 9.97. The third kappa shape index (κ3) is 3.70. The van der Waals surface area contributed by atoms with E-state index in [4.69, 9.17) is 0 Å². The summed E-state index contributed by atoms with van der Waals surface area (Å²) in [5.41, 5.74) is 0.0655. The van der Waals surface area contributed by atoms with Crippen molar-refractivity contribution in [1.82, 2.24) is 0 Å². The molecular weight excluding hydrogens is 232 g/mol. The highest BCUT2D eigenvalue weighted by Crippen LogP contribution is 2.42. The number of hydrogen-bond donors (Lipinski definition) is 0. The standard InChI is InChI=1S/C14H28O2S/c1-13(2,3)11-8-7-9-17(15,16)12(10-11)14(4,5)6/h11-12H,7-10H2,1-6H3. The summed E-state index contributed by atoms with van der Waals surface area (Å²) >= 11 is 0. The molecule has 1 aliphatic rings. The monoisotopic (exact) mass is 260 g/mol. The third-order valence-corrected chi connectivity index (χ3v) is 6.73. The van der Waals surface area contributed by atoms with Crippen molar-refractivity contribution in [2.75, 3.05) is 5.75 Å². The first kappa shape index (κ1) is 15.0. The van der Waals surface area contributed by atoms with Crippen molar-refractivity contribution < 1.29 is 8.42 Å². The van der Waals surface area contributed by atoms with Gasteiger partial charge in [0.15, 0.2) is 9.84 Å². The average molecular weight is 260 g/mol. The van der Waals surface area contributed by atoms with E-state index in [0.29, 0.717) is 11.7 Å². The molecule has 17 heavy (non-hydrogen) atoms. The Morgan fingerprint density at radius 3 is 1.88 bits per heavy atom. The molecule has 2 nitrogen and oxygen atoms in total. The van der Waals surface area contributed by atoms with E-state index < -0.39 is 9.84 Å². The highest BCUT2D eigenvalue weighted by molar-refractivity contribution is 7.92. The van der Waals surface area contributed by atoms with Crippen LogP contribution < -0.4 is 0 Å². The van der Waals surface area contributed by atoms with E-state index in [-0.39, 0.29) is 16.1 Å². The van der Waals surface area contributed by atoms with Gasteiger partial charge < -0.3 is 0 Å². The Balaban J connectivity index is 3.05. The van der Waals surface area contributed by atoms with Gasteiger partial charge in [0.25, 0.3) is 0 Å². The van der Waals surface area contributed by atoms with Crippen LogP contribution in [0.4, 0.5) is 0 Å². The van der Waals surface area contributed by atoms with E-state index in [2.05, 4.69) is 41.5 Å². The largest absolute Gasteiger partial charge is 0.229 e. The zero-order chi connectivity index (χ0) is 13.5. The van der Waals surface area contributed by atoms with Gasteiger partial charge in [0.1, 0.15) is 0 Å². The molecule has 0 spiro atoms. The van der Waals surface area contributed by atoms with Crippen LogP contribution in [0.25, 0.3) is 0 Å². The van der Waals surface area contributed by atoms with Crippen molar-refractivity contribution in [3.8, 4) is 0 Å². The second-order valence-electron chi connectivity index (χ2n) is 7.66. The fourth-order valence-corrected chi connectivity index (χ4v) is 5.33. The zero-order valence-corrected chi connectivity index (χ0v) is 13.0. The molecule has 1 saturated heterocycles. The summed E-state index contributed by atoms with van der Waals surface area (Å²) in [6, 6.07) is 0. The first-order valence-corrected chi connectivity index (χ1v) is 8.38. The molecule has 0 aromatic heterocycles. The lowest BCUT2D eigenvalue weighted by molar-refractivity contribution is 0.191. The van der Waals surface area contributed by atoms with Gasteiger partial charge in [-0.15, -0.1) is 0 Å². The summed E-state index contributed by atoms with van der Waals surface area (Å²) in [6.45, 7) is 12.9. The van der Waals surface area contributed by atoms with Gasteiger partial charge in [0.2, 0.25) is 0 Å². The maximum absolute atomic E-state index is 12.3. The van der Waals surface area contributed by atoms with Gasteiger partial charge in [-0.2, -0.15) is 0 Å². The van der Waals surface area contributed by atoms with Gasteiger partial charge in [0, 0.05) is 0 Å². The van der Waals surface area contributed by atoms with Crippen LogP contribution in [-0.2, 0) is 9.84 Å². The van der Waals surface area contributed by atoms with Crippen LogP contribution in [0.2, 0.25) is 0 Å². The Morgan fingerprint density at radius 1 is 0.941 bits per heavy atom. The summed E-state index contributed by atoms with van der Waals surface area (Å²) < 4.78 is 24.6. The SMILES string of the molecule is CC(C)(C)C1CCCS(=O)(=O)C(C(C)(C)C)C1. The molecule has 0 aromatic carbocycles. The Kier molecular flexibility index (Phi) is 4.03. The van der Waals surface area contributed by atoms with Crippen LogP contribution in [0.1, 0.15) is 60.8 Å². The van der Waals surface area contributed by atoms with E-state index in [9.17, 15) is 8.42 Å². The van der Waals surface area contributed by atoms with Gasteiger partial charge in [-0.3, -0.25) is 0 Å². The molecule has 2 unspecified atom stereocenters. The number of sulfone groups is 1. The van der Waals surface area contributed by atoms with Crippen LogP contribution in [0.15, 0.2) is 0 Å². The molecule has 102 valence electrons. The molecule has 1 rings (SSSR count). The molecule has 1 heterocycles. The van der Waals surface area contributed by atoms with Crippen LogP contribution in [0.3, 0.4) is 0 Å². The molecule has 0 aromatic rings. The zero-order valence-electron chi connectivity index (χ0n) is 12.2. The van der Waals surface area contributed by atoms with Crippen molar-refractivity contribution in [3.63, 3.8) is 0 Å². The van der Waals surface area contributed by atoms with E-state index in [0.717, 1.165) is 19.3 Å². The average Bonchev–Trinajstić information content (AvgIpc) is 2.20. The Labute approximate surface area is 107 Å². The topological polar surface area (TPSA) is 34.1 Å². The van der Waals surface area contributed by atoms with Gasteiger partial charge in [-0.1, -0.05) is 41.5 Å². The Morgan fingerprint density at radius 2 is 1.47 bits per heavy atom. The first-order chi connectivity index (χ1) is 7.44. The maximum Gasteiger partial charge on any atom is 0.153 e. The molecular formula is C14H28O2S. The molecule has 0 N–H and O–H groups in total. The van der Waals surface area contributed by atoms with Crippen molar-refractivity contribution in [3.05, 3.63) is 0 Å². The third-order valence-electron chi connectivity index (χ3n) is 4.10. The van der Waals surface area contributed by atoms with Crippen molar-refractivity contribution in [2.45, 2.75) is 66.1 Å². The summed E-state index contributed by atoms with van der Waals surface area (Å²) in [5.74, 6) is 0.894. The van der Waals surface area contributed by atoms with E-state index >= 15 is 0 Å². The fraction of sp³-hybridized carbons (Fsp3) is 1.00. The van der Waals surface area contributed by atoms with Gasteiger partial charge >= 0.3 is 0 Å². The first-order valence-electron chi connectivity index (χ1n) is 6.66. The molecule has 1 fully saturated rings. The molecule has 0 radical (unpaired) electrons. The normalized spacial score (nSPS) is 30.9. The summed E-state index contributed by atoms with van der Waals surface area (Å²) in [7, 11) is -2.91. The predicted octanol–water partition coefficient (Wildman–Crippen LogP) is 3.66. The molecule has 0 bridgehead atoms. The second kappa shape index (κ2) is 4.56. The summed E-state index contributed by atoms with van der Waals surface area (Å²) in [4.78, 5) is 0. The van der Waals surface area contributed by atoms with Crippen LogP contribution in [0, 0.1) is 16.7 Å². The molecule has 2 atom stereocenters. The van der Waals surface area contributed by atoms with Crippen LogP contribution >= 0.6 is 0 Å². The van der Waals surface area contributed by atoms with Gasteiger partial charge in [-0.25, -0.2) is 8.42 Å². The van der Waals surface area contributed by atoms with E-state index in [1.165, 1.54) is 0 Å². The minimum atomic E-state index is -2.91. The minimum Gasteiger partial charge on any atom is -0.229 e. The molecule has 1 aliphatic heterocycles. The summed E-state index contributed by atoms with van der Waals surface area (Å²) in [5, 5.41) is -0.179. The van der Waals surface area contributed by atoms with Gasteiger partial charge in [-0.05, 0) is 36.0 Å². The van der Waals surface area contributed by atoms with E-state index in [1.807, 2.05) is 0 Å². The maximum atomic E-state index is 12.3. The lowest BCUT2D eigenvalue weighted by atomic mass is 9.73. The molecule has 0 aliphatic carbocycles. The van der Waals surface area contributed by atoms with Crippen molar-refractivity contribution in [1.29, 1.82) is 0 Å². The Hall–Kier alpha value is -0.0500. The highest BCUT2D eigenvalue weighted by Gasteiger charge is 2.41. The summed E-state index contributed by atoms with van der Waals surface area (Å²) in [6.07, 6.45) is 2.71. The fourth-order valence-electron chi connectivity index (χ4n) is 2.87. The van der Waals surface area contributed by atoms with Gasteiger partial charge in [0.05, 0.1) is 11.0 Å². The van der Waals surface area contributed by atoms with Crippen LogP contribution in [-0.4, -0.2) is 19.4 Å². The number of rotatable bonds is 0. The highest BCUT2D eigenvalue weighted by atomic mass is 32.2. The minimum absolute atomic E-state index is 0.146. The molecule has 0 saturated carbocycles. The molecule has 3 heteroatoms. The van der Waals surface area contributed by atoms with Crippen molar-refractivity contribution in [2.24, 2.45) is 16.7 Å². The smallest absolute Gasteiger partial charge is 0.153 e. The Bertz CT molecular complexity index is 355. The predicted molar refractivity (Wildman–Crippen MR) is 73.8 cm³/mol. The lowest BCUT2D eigenvalue weighted by Gasteiger charge is -2.36. The van der Waals surface area contributed by atoms with E-state index in [1.54, 1.807) is 0 Å². The van der Waals surface area contributed by atoms with Crippen LogP contribution in [0.5, 0.6) is 0 Å². The quantitative estimate of drug-likeness (QED) is 0.666. The lowest BCUT2D eigenvalue weighted by Crippen LogP contribution is -2.37. The van der Waals surface area contributed by atoms with Crippen molar-refractivity contribution >= 4 is 9.84 Å².